The molecule has 0 aliphatic rings. The number of aryl methyl sites for hydroxylation is 1. The van der Waals surface area contributed by atoms with Gasteiger partial charge < -0.3 is 15.5 Å². The molecule has 186 valence electrons. The molecule has 0 aliphatic heterocycles. The molecule has 0 bridgehead atoms. The quantitative estimate of drug-likeness (QED) is 0.291. The minimum atomic E-state index is -0.321. The van der Waals surface area contributed by atoms with Crippen molar-refractivity contribution in [2.45, 2.75) is 6.92 Å². The summed E-state index contributed by atoms with van der Waals surface area (Å²) in [7, 11) is 4.02. The van der Waals surface area contributed by atoms with E-state index in [-0.39, 0.29) is 11.6 Å². The molecular formula is C28H27N7OS. The Kier molecular flexibility index (Phi) is 7.16. The Hall–Kier alpha value is -4.21. The van der Waals surface area contributed by atoms with Gasteiger partial charge in [-0.3, -0.25) is 4.79 Å². The zero-order valence-electron chi connectivity index (χ0n) is 20.9. The maximum Gasteiger partial charge on any atom is 0.274 e. The lowest BCUT2D eigenvalue weighted by molar-refractivity contribution is 0.102. The SMILES string of the molecule is Cc1ccc(-c2nc(NCCN(C)C)cc(C(=O)Nc3ccccc3-c3nc4cccnc4s3)n2)cc1. The summed E-state index contributed by atoms with van der Waals surface area (Å²) in [6.07, 6.45) is 1.75. The van der Waals surface area contributed by atoms with Crippen LogP contribution in [0.15, 0.2) is 72.9 Å². The number of hydrogen-bond donors (Lipinski definition) is 2. The van der Waals surface area contributed by atoms with Crippen LogP contribution >= 0.6 is 11.3 Å². The van der Waals surface area contributed by atoms with Crippen LogP contribution in [-0.4, -0.2) is 57.9 Å². The van der Waals surface area contributed by atoms with Gasteiger partial charge in [0.2, 0.25) is 0 Å². The van der Waals surface area contributed by atoms with Crippen molar-refractivity contribution in [3.63, 3.8) is 0 Å². The van der Waals surface area contributed by atoms with Crippen LogP contribution in [0, 0.1) is 6.92 Å². The summed E-state index contributed by atoms with van der Waals surface area (Å²) >= 11 is 1.49. The number of anilines is 2. The molecule has 2 N–H and O–H groups in total. The fourth-order valence-corrected chi connectivity index (χ4v) is 4.69. The topological polar surface area (TPSA) is 95.9 Å². The molecule has 0 aliphatic carbocycles. The first kappa shape index (κ1) is 24.5. The predicted molar refractivity (Wildman–Crippen MR) is 150 cm³/mol. The number of fused-ring (bicyclic) bond motifs is 1. The Morgan fingerprint density at radius 3 is 2.57 bits per heavy atom. The fraction of sp³-hybridized carbons (Fsp3) is 0.179. The van der Waals surface area contributed by atoms with Gasteiger partial charge in [-0.25, -0.2) is 19.9 Å². The van der Waals surface area contributed by atoms with E-state index in [4.69, 9.17) is 4.98 Å². The molecular weight excluding hydrogens is 482 g/mol. The van der Waals surface area contributed by atoms with E-state index >= 15 is 0 Å². The Labute approximate surface area is 219 Å². The summed E-state index contributed by atoms with van der Waals surface area (Å²) in [4.78, 5) is 34.8. The number of nitrogens with zero attached hydrogens (tertiary/aromatic N) is 5. The maximum atomic E-state index is 13.5. The molecule has 2 aromatic carbocycles. The summed E-state index contributed by atoms with van der Waals surface area (Å²) in [6, 6.07) is 21.1. The summed E-state index contributed by atoms with van der Waals surface area (Å²) in [5.41, 5.74) is 4.58. The lowest BCUT2D eigenvalue weighted by Crippen LogP contribution is -2.22. The molecule has 0 unspecified atom stereocenters. The zero-order chi connectivity index (χ0) is 25.8. The number of carbonyl (C=O) groups excluding carboxylic acids is 1. The van der Waals surface area contributed by atoms with Crippen molar-refractivity contribution in [3.8, 4) is 22.0 Å². The van der Waals surface area contributed by atoms with Crippen LogP contribution in [0.1, 0.15) is 16.1 Å². The van der Waals surface area contributed by atoms with Crippen molar-refractivity contribution >= 4 is 39.1 Å². The number of rotatable bonds is 8. The van der Waals surface area contributed by atoms with Crippen LogP contribution < -0.4 is 10.6 Å². The van der Waals surface area contributed by atoms with E-state index in [1.54, 1.807) is 12.3 Å². The van der Waals surface area contributed by atoms with Gasteiger partial charge in [0.05, 0.1) is 5.69 Å². The maximum absolute atomic E-state index is 13.5. The zero-order valence-corrected chi connectivity index (χ0v) is 21.7. The summed E-state index contributed by atoms with van der Waals surface area (Å²) in [5.74, 6) is 0.770. The molecule has 37 heavy (non-hydrogen) atoms. The van der Waals surface area contributed by atoms with Gasteiger partial charge in [-0.05, 0) is 45.3 Å². The van der Waals surface area contributed by atoms with Crippen molar-refractivity contribution in [1.82, 2.24) is 24.8 Å². The molecule has 3 aromatic heterocycles. The molecule has 0 saturated carbocycles. The van der Waals surface area contributed by atoms with Crippen molar-refractivity contribution < 1.29 is 4.79 Å². The third-order valence-electron chi connectivity index (χ3n) is 5.71. The minimum absolute atomic E-state index is 0.277. The standard InChI is InChI=1S/C28H27N7OS/c1-18-10-12-19(13-11-18)25-31-23(17-24(34-25)29-15-16-35(2)3)26(36)32-21-8-5-4-7-20(21)27-33-22-9-6-14-30-28(22)37-27/h4-14,17H,15-16H2,1-3H3,(H,32,36)(H,29,31,34). The van der Waals surface area contributed by atoms with Crippen LogP contribution in [0.5, 0.6) is 0 Å². The number of amides is 1. The van der Waals surface area contributed by atoms with Crippen molar-refractivity contribution in [3.05, 3.63) is 84.2 Å². The van der Waals surface area contributed by atoms with Gasteiger partial charge >= 0.3 is 0 Å². The van der Waals surface area contributed by atoms with E-state index in [2.05, 4.69) is 30.5 Å². The van der Waals surface area contributed by atoms with Crippen LogP contribution in [-0.2, 0) is 0 Å². The summed E-state index contributed by atoms with van der Waals surface area (Å²) < 4.78 is 0. The van der Waals surface area contributed by atoms with E-state index in [9.17, 15) is 4.79 Å². The molecule has 0 fully saturated rings. The molecule has 3 heterocycles. The summed E-state index contributed by atoms with van der Waals surface area (Å²) in [6.45, 7) is 3.55. The van der Waals surface area contributed by atoms with Crippen molar-refractivity contribution in [2.24, 2.45) is 0 Å². The second kappa shape index (κ2) is 10.8. The van der Waals surface area contributed by atoms with Gasteiger partial charge in [-0.1, -0.05) is 53.3 Å². The van der Waals surface area contributed by atoms with E-state index in [1.165, 1.54) is 11.3 Å². The molecule has 9 heteroatoms. The number of hydrogen-bond acceptors (Lipinski definition) is 8. The number of pyridine rings is 1. The average molecular weight is 510 g/mol. The normalized spacial score (nSPS) is 11.1. The highest BCUT2D eigenvalue weighted by Gasteiger charge is 2.17. The predicted octanol–water partition coefficient (Wildman–Crippen LogP) is 5.35. The van der Waals surface area contributed by atoms with Crippen LogP contribution in [0.2, 0.25) is 0 Å². The summed E-state index contributed by atoms with van der Waals surface area (Å²) in [5, 5.41) is 7.15. The van der Waals surface area contributed by atoms with E-state index in [0.29, 0.717) is 23.9 Å². The van der Waals surface area contributed by atoms with Gasteiger partial charge in [0.15, 0.2) is 5.82 Å². The Bertz CT molecular complexity index is 1510. The number of thiazole rings is 1. The first-order valence-corrected chi connectivity index (χ1v) is 12.7. The van der Waals surface area contributed by atoms with Gasteiger partial charge in [-0.2, -0.15) is 0 Å². The van der Waals surface area contributed by atoms with Crippen LogP contribution in [0.4, 0.5) is 11.5 Å². The Morgan fingerprint density at radius 2 is 1.78 bits per heavy atom. The molecule has 5 rings (SSSR count). The third kappa shape index (κ3) is 5.79. The number of benzene rings is 2. The lowest BCUT2D eigenvalue weighted by Gasteiger charge is -2.13. The fourth-order valence-electron chi connectivity index (χ4n) is 3.74. The second-order valence-electron chi connectivity index (χ2n) is 8.90. The molecule has 5 aromatic rings. The van der Waals surface area contributed by atoms with Crippen LogP contribution in [0.25, 0.3) is 32.3 Å². The van der Waals surface area contributed by atoms with E-state index < -0.39 is 0 Å². The first-order valence-electron chi connectivity index (χ1n) is 11.9. The highest BCUT2D eigenvalue weighted by atomic mass is 32.1. The lowest BCUT2D eigenvalue weighted by atomic mass is 10.1. The first-order chi connectivity index (χ1) is 18.0. The smallest absolute Gasteiger partial charge is 0.274 e. The average Bonchev–Trinajstić information content (AvgIpc) is 3.33. The largest absolute Gasteiger partial charge is 0.369 e. The highest BCUT2D eigenvalue weighted by Crippen LogP contribution is 2.33. The molecule has 1 amide bonds. The number of para-hydroxylation sites is 1. The number of carbonyl (C=O) groups is 1. The monoisotopic (exact) mass is 509 g/mol. The van der Waals surface area contributed by atoms with Gasteiger partial charge in [-0.15, -0.1) is 0 Å². The van der Waals surface area contributed by atoms with Crippen molar-refractivity contribution in [1.29, 1.82) is 0 Å². The van der Waals surface area contributed by atoms with Crippen molar-refractivity contribution in [2.75, 3.05) is 37.8 Å². The molecule has 0 atom stereocenters. The van der Waals surface area contributed by atoms with Gasteiger partial charge in [0.25, 0.3) is 5.91 Å². The molecule has 8 nitrogen and oxygen atoms in total. The van der Waals surface area contributed by atoms with Gasteiger partial charge in [0.1, 0.15) is 26.9 Å². The van der Waals surface area contributed by atoms with Crippen LogP contribution in [0.3, 0.4) is 0 Å². The number of likely N-dealkylation sites (N-methyl/N-ethyl adjacent to an activating group) is 1. The molecule has 0 radical (unpaired) electrons. The highest BCUT2D eigenvalue weighted by molar-refractivity contribution is 7.21. The molecule has 0 spiro atoms. The second-order valence-corrected chi connectivity index (χ2v) is 9.88. The van der Waals surface area contributed by atoms with E-state index in [0.717, 1.165) is 38.6 Å². The molecule has 0 saturated heterocycles. The Balaban J connectivity index is 1.47. The minimum Gasteiger partial charge on any atom is -0.369 e. The van der Waals surface area contributed by atoms with Gasteiger partial charge in [0, 0.05) is 36.5 Å². The number of nitrogens with one attached hydrogen (secondary N) is 2. The Morgan fingerprint density at radius 1 is 0.973 bits per heavy atom. The third-order valence-corrected chi connectivity index (χ3v) is 6.72. The number of aromatic nitrogens is 4. The van der Waals surface area contributed by atoms with E-state index in [1.807, 2.05) is 81.7 Å².